The molecule has 0 radical (unpaired) electrons. The first-order valence-corrected chi connectivity index (χ1v) is 6.59. The summed E-state index contributed by atoms with van der Waals surface area (Å²) in [4.78, 5) is 24.7. The van der Waals surface area contributed by atoms with Gasteiger partial charge in [0.15, 0.2) is 0 Å². The highest BCUT2D eigenvalue weighted by Crippen LogP contribution is 2.09. The molecule has 0 heterocycles. The van der Waals surface area contributed by atoms with Gasteiger partial charge in [0.05, 0.1) is 6.54 Å². The van der Waals surface area contributed by atoms with Crippen molar-refractivity contribution >= 4 is 17.5 Å². The van der Waals surface area contributed by atoms with Crippen LogP contribution >= 0.6 is 0 Å². The maximum absolute atomic E-state index is 11.9. The fourth-order valence-electron chi connectivity index (χ4n) is 1.76. The van der Waals surface area contributed by atoms with Gasteiger partial charge in [0, 0.05) is 24.4 Å². The summed E-state index contributed by atoms with van der Waals surface area (Å²) in [5.41, 5.74) is 6.17. The van der Waals surface area contributed by atoms with Crippen LogP contribution in [0.25, 0.3) is 0 Å². The predicted molar refractivity (Wildman–Crippen MR) is 77.4 cm³/mol. The molecule has 0 atom stereocenters. The van der Waals surface area contributed by atoms with Crippen LogP contribution in [0.4, 0.5) is 5.69 Å². The number of aliphatic hydroxyl groups is 1. The molecule has 2 amide bonds. The van der Waals surface area contributed by atoms with Gasteiger partial charge in [0.25, 0.3) is 0 Å². The van der Waals surface area contributed by atoms with Gasteiger partial charge in [-0.25, -0.2) is 0 Å². The molecule has 0 aliphatic heterocycles. The maximum atomic E-state index is 11.9. The van der Waals surface area contributed by atoms with Crippen molar-refractivity contribution in [3.05, 3.63) is 29.8 Å². The van der Waals surface area contributed by atoms with E-state index in [-0.39, 0.29) is 19.1 Å². The second-order valence-corrected chi connectivity index (χ2v) is 4.44. The Morgan fingerprint density at radius 1 is 1.30 bits per heavy atom. The van der Waals surface area contributed by atoms with Gasteiger partial charge in [-0.1, -0.05) is 6.92 Å². The van der Waals surface area contributed by atoms with Gasteiger partial charge in [-0.3, -0.25) is 14.5 Å². The van der Waals surface area contributed by atoms with Crippen molar-refractivity contribution < 1.29 is 14.7 Å². The molecule has 6 nitrogen and oxygen atoms in total. The van der Waals surface area contributed by atoms with Gasteiger partial charge in [0.2, 0.25) is 11.8 Å². The van der Waals surface area contributed by atoms with E-state index < -0.39 is 5.91 Å². The number of anilines is 1. The predicted octanol–water partition coefficient (Wildman–Crippen LogP) is 0.428. The van der Waals surface area contributed by atoms with E-state index in [1.165, 1.54) is 0 Å². The first-order chi connectivity index (χ1) is 9.56. The van der Waals surface area contributed by atoms with Crippen LogP contribution in [-0.2, 0) is 4.79 Å². The van der Waals surface area contributed by atoms with Gasteiger partial charge < -0.3 is 16.2 Å². The number of aliphatic hydroxyl groups excluding tert-OH is 1. The van der Waals surface area contributed by atoms with E-state index >= 15 is 0 Å². The number of nitrogens with zero attached hydrogens (tertiary/aromatic N) is 1. The van der Waals surface area contributed by atoms with Crippen molar-refractivity contribution in [1.29, 1.82) is 0 Å². The molecule has 0 unspecified atom stereocenters. The van der Waals surface area contributed by atoms with Gasteiger partial charge in [-0.05, 0) is 37.2 Å². The minimum absolute atomic E-state index is 0.118. The molecule has 1 rings (SSSR count). The minimum Gasteiger partial charge on any atom is -0.396 e. The Hall–Kier alpha value is -1.92. The number of carbonyl (C=O) groups is 2. The van der Waals surface area contributed by atoms with Gasteiger partial charge in [-0.2, -0.15) is 0 Å². The van der Waals surface area contributed by atoms with Crippen molar-refractivity contribution in [3.8, 4) is 0 Å². The Morgan fingerprint density at radius 3 is 2.45 bits per heavy atom. The number of amides is 2. The molecule has 0 aromatic heterocycles. The highest BCUT2D eigenvalue weighted by Gasteiger charge is 2.09. The van der Waals surface area contributed by atoms with Crippen molar-refractivity contribution in [2.45, 2.75) is 13.3 Å². The number of rotatable bonds is 8. The van der Waals surface area contributed by atoms with Crippen LogP contribution < -0.4 is 11.1 Å². The van der Waals surface area contributed by atoms with Crippen molar-refractivity contribution in [2.75, 3.05) is 31.6 Å². The molecule has 0 fully saturated rings. The molecular formula is C14H21N3O3. The van der Waals surface area contributed by atoms with Crippen molar-refractivity contribution in [1.82, 2.24) is 4.90 Å². The van der Waals surface area contributed by atoms with Crippen LogP contribution in [0, 0.1) is 0 Å². The Labute approximate surface area is 118 Å². The van der Waals surface area contributed by atoms with Crippen LogP contribution in [-0.4, -0.2) is 48.1 Å². The minimum atomic E-state index is -0.496. The first-order valence-electron chi connectivity index (χ1n) is 6.59. The lowest BCUT2D eigenvalue weighted by atomic mass is 10.2. The number of hydrogen-bond donors (Lipinski definition) is 3. The summed E-state index contributed by atoms with van der Waals surface area (Å²) < 4.78 is 0. The van der Waals surface area contributed by atoms with Crippen LogP contribution in [0.5, 0.6) is 0 Å². The van der Waals surface area contributed by atoms with E-state index in [0.717, 1.165) is 6.54 Å². The van der Waals surface area contributed by atoms with Gasteiger partial charge in [-0.15, -0.1) is 0 Å². The second kappa shape index (κ2) is 8.29. The summed E-state index contributed by atoms with van der Waals surface area (Å²) in [5, 5.41) is 11.5. The molecule has 0 saturated heterocycles. The number of benzene rings is 1. The van der Waals surface area contributed by atoms with Crippen molar-refractivity contribution in [3.63, 3.8) is 0 Å². The molecule has 1 aromatic rings. The summed E-state index contributed by atoms with van der Waals surface area (Å²) in [6.45, 7) is 3.78. The fraction of sp³-hybridized carbons (Fsp3) is 0.429. The number of nitrogens with one attached hydrogen (secondary N) is 1. The monoisotopic (exact) mass is 279 g/mol. The van der Waals surface area contributed by atoms with E-state index in [1.807, 2.05) is 11.8 Å². The third kappa shape index (κ3) is 5.38. The number of likely N-dealkylation sites (N-methyl/N-ethyl adjacent to an activating group) is 1. The molecule has 0 aliphatic carbocycles. The van der Waals surface area contributed by atoms with E-state index in [1.54, 1.807) is 24.3 Å². The zero-order valence-electron chi connectivity index (χ0n) is 11.6. The highest BCUT2D eigenvalue weighted by atomic mass is 16.3. The Balaban J connectivity index is 2.50. The van der Waals surface area contributed by atoms with E-state index in [0.29, 0.717) is 24.2 Å². The van der Waals surface area contributed by atoms with Crippen molar-refractivity contribution in [2.24, 2.45) is 5.73 Å². The summed E-state index contributed by atoms with van der Waals surface area (Å²) >= 11 is 0. The summed E-state index contributed by atoms with van der Waals surface area (Å²) in [5.74, 6) is -0.624. The molecular weight excluding hydrogens is 258 g/mol. The summed E-state index contributed by atoms with van der Waals surface area (Å²) in [6.07, 6.45) is 0.647. The molecule has 1 aromatic carbocycles. The first kappa shape index (κ1) is 16.1. The van der Waals surface area contributed by atoms with Crippen LogP contribution in [0.1, 0.15) is 23.7 Å². The molecule has 0 saturated carbocycles. The molecule has 4 N–H and O–H groups in total. The third-order valence-corrected chi connectivity index (χ3v) is 2.90. The molecule has 0 spiro atoms. The quantitative estimate of drug-likeness (QED) is 0.643. The van der Waals surface area contributed by atoms with Crippen LogP contribution in [0.2, 0.25) is 0 Å². The lowest BCUT2D eigenvalue weighted by Gasteiger charge is -2.19. The molecule has 110 valence electrons. The molecule has 6 heteroatoms. The zero-order valence-corrected chi connectivity index (χ0v) is 11.6. The topological polar surface area (TPSA) is 95.7 Å². The lowest BCUT2D eigenvalue weighted by Crippen LogP contribution is -2.34. The smallest absolute Gasteiger partial charge is 0.248 e. The average molecular weight is 279 g/mol. The average Bonchev–Trinajstić information content (AvgIpc) is 2.43. The number of hydrogen-bond acceptors (Lipinski definition) is 4. The van der Waals surface area contributed by atoms with Crippen LogP contribution in [0.15, 0.2) is 24.3 Å². The second-order valence-electron chi connectivity index (χ2n) is 4.44. The van der Waals surface area contributed by atoms with Gasteiger partial charge in [0.1, 0.15) is 0 Å². The standard InChI is InChI=1S/C14H21N3O3/c1-2-17(8-3-9-18)10-13(19)16-12-6-4-11(5-7-12)14(15)20/h4-7,18H,2-3,8-10H2,1H3,(H2,15,20)(H,16,19). The molecule has 20 heavy (non-hydrogen) atoms. The lowest BCUT2D eigenvalue weighted by molar-refractivity contribution is -0.117. The Morgan fingerprint density at radius 2 is 1.95 bits per heavy atom. The Bertz CT molecular complexity index is 445. The number of nitrogens with two attached hydrogens (primary N) is 1. The fourth-order valence-corrected chi connectivity index (χ4v) is 1.76. The number of primary amides is 1. The van der Waals surface area contributed by atoms with Crippen LogP contribution in [0.3, 0.4) is 0 Å². The molecule has 0 aliphatic rings. The van der Waals surface area contributed by atoms with E-state index in [2.05, 4.69) is 5.32 Å². The highest BCUT2D eigenvalue weighted by molar-refractivity contribution is 5.95. The van der Waals surface area contributed by atoms with E-state index in [4.69, 9.17) is 10.8 Å². The third-order valence-electron chi connectivity index (χ3n) is 2.90. The zero-order chi connectivity index (χ0) is 15.0. The van der Waals surface area contributed by atoms with E-state index in [9.17, 15) is 9.59 Å². The maximum Gasteiger partial charge on any atom is 0.248 e. The summed E-state index contributed by atoms with van der Waals surface area (Å²) in [6, 6.07) is 6.42. The van der Waals surface area contributed by atoms with Gasteiger partial charge >= 0.3 is 0 Å². The normalized spacial score (nSPS) is 10.6. The number of carbonyl (C=O) groups excluding carboxylic acids is 2. The SMILES string of the molecule is CCN(CCCO)CC(=O)Nc1ccc(C(N)=O)cc1. The largest absolute Gasteiger partial charge is 0.396 e. The summed E-state index contributed by atoms with van der Waals surface area (Å²) in [7, 11) is 0. The Kier molecular flexibility index (Phi) is 6.69. The molecule has 0 bridgehead atoms.